The van der Waals surface area contributed by atoms with Gasteiger partial charge in [-0.15, -0.1) is 0 Å². The molecule has 0 radical (unpaired) electrons. The molecule has 0 spiro atoms. The molecule has 3 nitrogen and oxygen atoms in total. The lowest BCUT2D eigenvalue weighted by Gasteiger charge is -2.20. The minimum Gasteiger partial charge on any atom is -0.496 e. The number of rotatable bonds is 6. The predicted octanol–water partition coefficient (Wildman–Crippen LogP) is 3.44. The molecule has 0 fully saturated rings. The zero-order chi connectivity index (χ0) is 16.1. The van der Waals surface area contributed by atoms with Gasteiger partial charge in [0.25, 0.3) is 0 Å². The van der Waals surface area contributed by atoms with Gasteiger partial charge in [-0.1, -0.05) is 18.2 Å². The van der Waals surface area contributed by atoms with E-state index in [1.54, 1.807) is 26.4 Å². The second kappa shape index (κ2) is 7.27. The van der Waals surface area contributed by atoms with Crippen LogP contribution < -0.4 is 15.2 Å². The average Bonchev–Trinajstić information content (AvgIpc) is 2.54. The molecule has 0 aromatic heterocycles. The summed E-state index contributed by atoms with van der Waals surface area (Å²) >= 11 is 0. The molecule has 0 saturated heterocycles. The van der Waals surface area contributed by atoms with Gasteiger partial charge in [0.1, 0.15) is 17.3 Å². The summed E-state index contributed by atoms with van der Waals surface area (Å²) in [5.41, 5.74) is 8.52. The maximum absolute atomic E-state index is 13.9. The van der Waals surface area contributed by atoms with Gasteiger partial charge in [0.2, 0.25) is 0 Å². The highest BCUT2D eigenvalue weighted by atomic mass is 19.1. The van der Waals surface area contributed by atoms with E-state index in [9.17, 15) is 4.39 Å². The molecule has 1 atom stereocenters. The molecule has 0 heterocycles. The number of benzene rings is 2. The van der Waals surface area contributed by atoms with Crippen LogP contribution in [0.25, 0.3) is 0 Å². The summed E-state index contributed by atoms with van der Waals surface area (Å²) in [6.07, 6.45) is 0.520. The van der Waals surface area contributed by atoms with E-state index in [1.165, 1.54) is 6.07 Å². The maximum Gasteiger partial charge on any atom is 0.126 e. The topological polar surface area (TPSA) is 44.5 Å². The molecule has 0 bridgehead atoms. The van der Waals surface area contributed by atoms with Crippen molar-refractivity contribution in [1.29, 1.82) is 0 Å². The zero-order valence-corrected chi connectivity index (χ0v) is 13.2. The van der Waals surface area contributed by atoms with Crippen LogP contribution in [0.3, 0.4) is 0 Å². The van der Waals surface area contributed by atoms with E-state index in [1.807, 2.05) is 25.1 Å². The van der Waals surface area contributed by atoms with Crippen LogP contribution in [-0.4, -0.2) is 20.8 Å². The number of ether oxygens (including phenoxy) is 2. The minimum atomic E-state index is -0.209. The third-order valence-electron chi connectivity index (χ3n) is 3.90. The molecular formula is C18H22FNO2. The third kappa shape index (κ3) is 3.39. The van der Waals surface area contributed by atoms with Crippen molar-refractivity contribution in [2.75, 3.05) is 20.8 Å². The number of hydrogen-bond acceptors (Lipinski definition) is 3. The van der Waals surface area contributed by atoms with Gasteiger partial charge in [-0.05, 0) is 49.2 Å². The fraction of sp³-hybridized carbons (Fsp3) is 0.333. The summed E-state index contributed by atoms with van der Waals surface area (Å²) in [6, 6.07) is 10.6. The summed E-state index contributed by atoms with van der Waals surface area (Å²) in [5, 5.41) is 0. The monoisotopic (exact) mass is 303 g/mol. The number of hydrogen-bond donors (Lipinski definition) is 1. The normalized spacial score (nSPS) is 12.0. The molecule has 2 rings (SSSR count). The largest absolute Gasteiger partial charge is 0.496 e. The van der Waals surface area contributed by atoms with E-state index in [2.05, 4.69) is 0 Å². The summed E-state index contributed by atoms with van der Waals surface area (Å²) in [6.45, 7) is 2.36. The van der Waals surface area contributed by atoms with Crippen molar-refractivity contribution in [3.05, 3.63) is 58.9 Å². The minimum absolute atomic E-state index is 0.0404. The van der Waals surface area contributed by atoms with Crippen molar-refractivity contribution in [3.8, 4) is 11.5 Å². The molecule has 0 aliphatic heterocycles. The van der Waals surface area contributed by atoms with Gasteiger partial charge in [0.15, 0.2) is 0 Å². The van der Waals surface area contributed by atoms with Crippen molar-refractivity contribution < 1.29 is 13.9 Å². The zero-order valence-electron chi connectivity index (χ0n) is 13.2. The van der Waals surface area contributed by atoms with Gasteiger partial charge >= 0.3 is 0 Å². The van der Waals surface area contributed by atoms with Crippen LogP contribution in [0.5, 0.6) is 11.5 Å². The Labute approximate surface area is 130 Å². The number of nitrogens with two attached hydrogens (primary N) is 1. The highest BCUT2D eigenvalue weighted by molar-refractivity contribution is 5.48. The van der Waals surface area contributed by atoms with E-state index >= 15 is 0 Å². The first-order chi connectivity index (χ1) is 10.6. The molecule has 2 aromatic rings. The van der Waals surface area contributed by atoms with E-state index in [4.69, 9.17) is 15.2 Å². The van der Waals surface area contributed by atoms with Gasteiger partial charge in [-0.3, -0.25) is 0 Å². The third-order valence-corrected chi connectivity index (χ3v) is 3.90. The van der Waals surface area contributed by atoms with Crippen LogP contribution in [0.15, 0.2) is 36.4 Å². The first-order valence-corrected chi connectivity index (χ1v) is 7.26. The Morgan fingerprint density at radius 1 is 1.09 bits per heavy atom. The molecule has 118 valence electrons. The first kappa shape index (κ1) is 16.3. The smallest absolute Gasteiger partial charge is 0.126 e. The van der Waals surface area contributed by atoms with Crippen LogP contribution >= 0.6 is 0 Å². The molecule has 0 amide bonds. The second-order valence-corrected chi connectivity index (χ2v) is 5.29. The van der Waals surface area contributed by atoms with Gasteiger partial charge in [-0.25, -0.2) is 4.39 Å². The quantitative estimate of drug-likeness (QED) is 0.889. The Kier molecular flexibility index (Phi) is 5.39. The van der Waals surface area contributed by atoms with E-state index in [0.29, 0.717) is 18.5 Å². The molecule has 22 heavy (non-hydrogen) atoms. The predicted molar refractivity (Wildman–Crippen MR) is 86.2 cm³/mol. The molecule has 2 aromatic carbocycles. The molecule has 4 heteroatoms. The Balaban J connectivity index is 2.40. The number of halogens is 1. The van der Waals surface area contributed by atoms with E-state index < -0.39 is 0 Å². The van der Waals surface area contributed by atoms with Crippen LogP contribution in [0.2, 0.25) is 0 Å². The Morgan fingerprint density at radius 2 is 1.77 bits per heavy atom. The van der Waals surface area contributed by atoms with Gasteiger partial charge in [-0.2, -0.15) is 0 Å². The Morgan fingerprint density at radius 3 is 2.36 bits per heavy atom. The Bertz CT molecular complexity index is 643. The van der Waals surface area contributed by atoms with Crippen molar-refractivity contribution in [1.82, 2.24) is 0 Å². The summed E-state index contributed by atoms with van der Waals surface area (Å²) in [7, 11) is 3.26. The lowest BCUT2D eigenvalue weighted by Crippen LogP contribution is -2.17. The molecule has 0 saturated carbocycles. The van der Waals surface area contributed by atoms with Crippen molar-refractivity contribution in [2.45, 2.75) is 19.3 Å². The highest BCUT2D eigenvalue weighted by Gasteiger charge is 2.19. The van der Waals surface area contributed by atoms with Crippen LogP contribution in [0.4, 0.5) is 4.39 Å². The summed E-state index contributed by atoms with van der Waals surface area (Å²) < 4.78 is 24.8. The van der Waals surface area contributed by atoms with Crippen LogP contribution in [0, 0.1) is 12.7 Å². The van der Waals surface area contributed by atoms with Crippen molar-refractivity contribution >= 4 is 0 Å². The van der Waals surface area contributed by atoms with Gasteiger partial charge < -0.3 is 15.2 Å². The second-order valence-electron chi connectivity index (χ2n) is 5.29. The number of methoxy groups -OCH3 is 2. The first-order valence-electron chi connectivity index (χ1n) is 7.26. The highest BCUT2D eigenvalue weighted by Crippen LogP contribution is 2.34. The van der Waals surface area contributed by atoms with E-state index in [-0.39, 0.29) is 11.7 Å². The van der Waals surface area contributed by atoms with Crippen molar-refractivity contribution in [2.24, 2.45) is 5.73 Å². The average molecular weight is 303 g/mol. The van der Waals surface area contributed by atoms with Gasteiger partial charge in [0, 0.05) is 11.5 Å². The van der Waals surface area contributed by atoms with E-state index in [0.717, 1.165) is 22.6 Å². The fourth-order valence-electron chi connectivity index (χ4n) is 2.64. The summed E-state index contributed by atoms with van der Waals surface area (Å²) in [5.74, 6) is 1.29. The summed E-state index contributed by atoms with van der Waals surface area (Å²) in [4.78, 5) is 0. The van der Waals surface area contributed by atoms with Gasteiger partial charge in [0.05, 0.1) is 14.2 Å². The standard InChI is InChI=1S/C18H22FNO2/c1-12-8-18(22-3)15(10-17(12)21-2)14(11-20)9-13-6-4-5-7-16(13)19/h4-8,10,14H,9,11,20H2,1-3H3. The maximum atomic E-state index is 13.9. The Hall–Kier alpha value is -2.07. The van der Waals surface area contributed by atoms with Crippen LogP contribution in [-0.2, 0) is 6.42 Å². The van der Waals surface area contributed by atoms with Crippen LogP contribution in [0.1, 0.15) is 22.6 Å². The molecule has 1 unspecified atom stereocenters. The molecule has 0 aliphatic carbocycles. The molecular weight excluding hydrogens is 281 g/mol. The lowest BCUT2D eigenvalue weighted by atomic mass is 9.90. The lowest BCUT2D eigenvalue weighted by molar-refractivity contribution is 0.392. The molecule has 0 aliphatic rings. The number of aryl methyl sites for hydroxylation is 1. The fourth-order valence-corrected chi connectivity index (χ4v) is 2.64. The SMILES string of the molecule is COc1cc(C(CN)Cc2ccccc2F)c(OC)cc1C. The van der Waals surface area contributed by atoms with Crippen molar-refractivity contribution in [3.63, 3.8) is 0 Å². The molecule has 2 N–H and O–H groups in total.